The van der Waals surface area contributed by atoms with E-state index in [1.54, 1.807) is 33.5 Å². The molecule has 22 heavy (non-hydrogen) atoms. The molecular weight excluding hydrogens is 284 g/mol. The minimum atomic E-state index is 0.511. The van der Waals surface area contributed by atoms with Crippen molar-refractivity contribution in [2.24, 2.45) is 0 Å². The molecule has 0 bridgehead atoms. The third-order valence-corrected chi connectivity index (χ3v) is 3.45. The molecule has 1 aromatic carbocycles. The van der Waals surface area contributed by atoms with Crippen LogP contribution in [-0.4, -0.2) is 52.5 Å². The molecule has 1 fully saturated rings. The molecule has 1 aliphatic heterocycles. The molecule has 2 rings (SSSR count). The Morgan fingerprint density at radius 3 is 2.18 bits per heavy atom. The van der Waals surface area contributed by atoms with Crippen molar-refractivity contribution >= 4 is 5.57 Å². The maximum atomic E-state index is 9.47. The number of nitriles is 1. The average molecular weight is 304 g/mol. The quantitative estimate of drug-likeness (QED) is 0.774. The van der Waals surface area contributed by atoms with Crippen molar-refractivity contribution in [3.05, 3.63) is 23.9 Å². The van der Waals surface area contributed by atoms with Gasteiger partial charge in [0.25, 0.3) is 0 Å². The molecule has 0 saturated carbocycles. The van der Waals surface area contributed by atoms with Crippen molar-refractivity contribution in [3.63, 3.8) is 0 Å². The molecule has 1 heterocycles. The van der Waals surface area contributed by atoms with Gasteiger partial charge in [-0.25, -0.2) is 0 Å². The van der Waals surface area contributed by atoms with Gasteiger partial charge in [0, 0.05) is 24.9 Å². The van der Waals surface area contributed by atoms with E-state index in [0.717, 1.165) is 18.7 Å². The highest BCUT2D eigenvalue weighted by Gasteiger charge is 2.16. The molecule has 0 unspecified atom stereocenters. The SMILES string of the molecule is COc1cc(C(C#N)=CN2CCOCC2)cc(OC)c1OC. The number of ether oxygens (including phenoxy) is 4. The van der Waals surface area contributed by atoms with Gasteiger partial charge in [0.1, 0.15) is 6.07 Å². The topological polar surface area (TPSA) is 64.0 Å². The molecule has 1 saturated heterocycles. The van der Waals surface area contributed by atoms with Crippen molar-refractivity contribution in [1.29, 1.82) is 5.26 Å². The number of allylic oxidation sites excluding steroid dienone is 1. The summed E-state index contributed by atoms with van der Waals surface area (Å²) in [7, 11) is 4.66. The fourth-order valence-corrected chi connectivity index (χ4v) is 2.29. The van der Waals surface area contributed by atoms with E-state index in [1.807, 2.05) is 6.20 Å². The minimum Gasteiger partial charge on any atom is -0.493 e. The molecule has 1 aromatic rings. The maximum absolute atomic E-state index is 9.47. The van der Waals surface area contributed by atoms with Crippen molar-refractivity contribution in [2.75, 3.05) is 47.6 Å². The number of hydrogen-bond donors (Lipinski definition) is 0. The lowest BCUT2D eigenvalue weighted by Gasteiger charge is -2.25. The van der Waals surface area contributed by atoms with E-state index in [2.05, 4.69) is 11.0 Å². The van der Waals surface area contributed by atoms with E-state index in [9.17, 15) is 5.26 Å². The minimum absolute atomic E-state index is 0.511. The Balaban J connectivity index is 2.40. The van der Waals surface area contributed by atoms with Gasteiger partial charge in [-0.3, -0.25) is 0 Å². The standard InChI is InChI=1S/C16H20N2O4/c1-19-14-8-12(9-15(20-2)16(14)21-3)13(10-17)11-18-4-6-22-7-5-18/h8-9,11H,4-7H2,1-3H3. The largest absolute Gasteiger partial charge is 0.493 e. The number of morpholine rings is 1. The van der Waals surface area contributed by atoms with Gasteiger partial charge in [0.2, 0.25) is 5.75 Å². The summed E-state index contributed by atoms with van der Waals surface area (Å²) < 4.78 is 21.3. The van der Waals surface area contributed by atoms with Crippen LogP contribution in [0.15, 0.2) is 18.3 Å². The van der Waals surface area contributed by atoms with E-state index in [4.69, 9.17) is 18.9 Å². The molecule has 0 N–H and O–H groups in total. The zero-order chi connectivity index (χ0) is 15.9. The second kappa shape index (κ2) is 7.57. The second-order valence-corrected chi connectivity index (χ2v) is 4.72. The summed E-state index contributed by atoms with van der Waals surface area (Å²) in [5.41, 5.74) is 1.27. The zero-order valence-corrected chi connectivity index (χ0v) is 13.1. The predicted octanol–water partition coefficient (Wildman–Crippen LogP) is 1.91. The van der Waals surface area contributed by atoms with Gasteiger partial charge in [-0.2, -0.15) is 5.26 Å². The Labute approximate surface area is 130 Å². The maximum Gasteiger partial charge on any atom is 0.203 e. The van der Waals surface area contributed by atoms with E-state index < -0.39 is 0 Å². The molecule has 6 heteroatoms. The summed E-state index contributed by atoms with van der Waals surface area (Å²) in [6, 6.07) is 5.78. The van der Waals surface area contributed by atoms with Crippen LogP contribution >= 0.6 is 0 Å². The number of hydrogen-bond acceptors (Lipinski definition) is 6. The van der Waals surface area contributed by atoms with E-state index >= 15 is 0 Å². The van der Waals surface area contributed by atoms with E-state index in [1.165, 1.54) is 0 Å². The number of benzene rings is 1. The summed E-state index contributed by atoms with van der Waals surface area (Å²) in [5.74, 6) is 1.57. The van der Waals surface area contributed by atoms with Crippen LogP contribution in [0.5, 0.6) is 17.2 Å². The van der Waals surface area contributed by atoms with Gasteiger partial charge >= 0.3 is 0 Å². The van der Waals surface area contributed by atoms with Crippen molar-refractivity contribution in [1.82, 2.24) is 4.90 Å². The molecule has 1 aliphatic rings. The Morgan fingerprint density at radius 1 is 1.14 bits per heavy atom. The lowest BCUT2D eigenvalue weighted by atomic mass is 10.1. The van der Waals surface area contributed by atoms with Crippen molar-refractivity contribution in [2.45, 2.75) is 0 Å². The van der Waals surface area contributed by atoms with Crippen LogP contribution in [0.25, 0.3) is 5.57 Å². The molecule has 118 valence electrons. The first-order valence-electron chi connectivity index (χ1n) is 6.97. The monoisotopic (exact) mass is 304 g/mol. The number of rotatable bonds is 5. The summed E-state index contributed by atoms with van der Waals surface area (Å²) >= 11 is 0. The fourth-order valence-electron chi connectivity index (χ4n) is 2.29. The van der Waals surface area contributed by atoms with Gasteiger partial charge < -0.3 is 23.8 Å². The zero-order valence-electron chi connectivity index (χ0n) is 13.1. The van der Waals surface area contributed by atoms with E-state index in [-0.39, 0.29) is 0 Å². The van der Waals surface area contributed by atoms with Crippen molar-refractivity contribution < 1.29 is 18.9 Å². The highest BCUT2D eigenvalue weighted by atomic mass is 16.5. The molecule has 0 radical (unpaired) electrons. The molecule has 0 spiro atoms. The van der Waals surface area contributed by atoms with Crippen LogP contribution < -0.4 is 14.2 Å². The first kappa shape index (κ1) is 16.0. The van der Waals surface area contributed by atoms with Gasteiger partial charge in [0.15, 0.2) is 11.5 Å². The average Bonchev–Trinajstić information content (AvgIpc) is 2.59. The fraction of sp³-hybridized carbons (Fsp3) is 0.438. The Morgan fingerprint density at radius 2 is 1.73 bits per heavy atom. The predicted molar refractivity (Wildman–Crippen MR) is 82.1 cm³/mol. The van der Waals surface area contributed by atoms with Gasteiger partial charge in [-0.1, -0.05) is 0 Å². The smallest absolute Gasteiger partial charge is 0.203 e. The Bertz CT molecular complexity index is 561. The van der Waals surface area contributed by atoms with Crippen LogP contribution in [0.2, 0.25) is 0 Å². The first-order valence-corrected chi connectivity index (χ1v) is 6.97. The third-order valence-electron chi connectivity index (χ3n) is 3.45. The van der Waals surface area contributed by atoms with Gasteiger partial charge in [0.05, 0.1) is 40.1 Å². The highest BCUT2D eigenvalue weighted by Crippen LogP contribution is 2.39. The van der Waals surface area contributed by atoms with Crippen LogP contribution in [-0.2, 0) is 4.74 Å². The lowest BCUT2D eigenvalue weighted by molar-refractivity contribution is 0.0596. The molecule has 0 aliphatic carbocycles. The lowest BCUT2D eigenvalue weighted by Crippen LogP contribution is -2.32. The third kappa shape index (κ3) is 3.43. The van der Waals surface area contributed by atoms with Gasteiger partial charge in [-0.15, -0.1) is 0 Å². The summed E-state index contributed by atoms with van der Waals surface area (Å²) in [4.78, 5) is 2.07. The van der Waals surface area contributed by atoms with Crippen LogP contribution in [0.1, 0.15) is 5.56 Å². The highest BCUT2D eigenvalue weighted by molar-refractivity contribution is 5.79. The Hall–Kier alpha value is -2.39. The second-order valence-electron chi connectivity index (χ2n) is 4.72. The number of nitrogens with zero attached hydrogens (tertiary/aromatic N) is 2. The van der Waals surface area contributed by atoms with Crippen LogP contribution in [0, 0.1) is 11.3 Å². The van der Waals surface area contributed by atoms with Crippen molar-refractivity contribution in [3.8, 4) is 23.3 Å². The molecule has 0 atom stereocenters. The summed E-state index contributed by atoms with van der Waals surface area (Å²) in [5, 5.41) is 9.47. The van der Waals surface area contributed by atoms with Gasteiger partial charge in [-0.05, 0) is 12.1 Å². The normalized spacial score (nSPS) is 15.2. The molecule has 0 aromatic heterocycles. The molecular formula is C16H20N2O4. The summed E-state index contributed by atoms with van der Waals surface area (Å²) in [6.07, 6.45) is 1.85. The number of methoxy groups -OCH3 is 3. The molecule has 0 amide bonds. The van der Waals surface area contributed by atoms with E-state index in [0.29, 0.717) is 36.0 Å². The van der Waals surface area contributed by atoms with Crippen LogP contribution in [0.4, 0.5) is 0 Å². The van der Waals surface area contributed by atoms with Crippen LogP contribution in [0.3, 0.4) is 0 Å². The Kier molecular flexibility index (Phi) is 5.50. The first-order chi connectivity index (χ1) is 10.7. The summed E-state index contributed by atoms with van der Waals surface area (Å²) in [6.45, 7) is 2.89. The molecule has 6 nitrogen and oxygen atoms in total.